The predicted octanol–water partition coefficient (Wildman–Crippen LogP) is 1.57. The smallest absolute Gasteiger partial charge is 0.305 e. The summed E-state index contributed by atoms with van der Waals surface area (Å²) in [4.78, 5) is 15.8. The number of carboxylic acid groups (broad SMARTS) is 1. The molecule has 21 heavy (non-hydrogen) atoms. The molecule has 3 saturated heterocycles. The van der Waals surface area contributed by atoms with Gasteiger partial charge in [0.25, 0.3) is 0 Å². The number of aliphatic carboxylic acids is 1. The molecule has 3 heterocycles. The summed E-state index contributed by atoms with van der Waals surface area (Å²) >= 11 is 0. The summed E-state index contributed by atoms with van der Waals surface area (Å²) in [7, 11) is 0. The largest absolute Gasteiger partial charge is 0.481 e. The molecule has 0 aromatic rings. The molecule has 5 nitrogen and oxygen atoms in total. The van der Waals surface area contributed by atoms with Crippen LogP contribution in [-0.2, 0) is 9.53 Å². The summed E-state index contributed by atoms with van der Waals surface area (Å²) < 4.78 is 5.68. The second-order valence-corrected chi connectivity index (χ2v) is 6.76. The molecular formula is C16H28N2O3. The van der Waals surface area contributed by atoms with Crippen molar-refractivity contribution < 1.29 is 14.6 Å². The number of ether oxygens (including phenoxy) is 1. The van der Waals surface area contributed by atoms with E-state index in [0.29, 0.717) is 6.61 Å². The summed E-state index contributed by atoms with van der Waals surface area (Å²) in [5.41, 5.74) is 0. The van der Waals surface area contributed by atoms with Crippen LogP contribution >= 0.6 is 0 Å². The van der Waals surface area contributed by atoms with Gasteiger partial charge in [-0.05, 0) is 51.6 Å². The topological polar surface area (TPSA) is 53.0 Å². The van der Waals surface area contributed by atoms with E-state index in [-0.39, 0.29) is 12.5 Å². The average Bonchev–Trinajstić information content (AvgIpc) is 2.95. The van der Waals surface area contributed by atoms with Gasteiger partial charge in [0.15, 0.2) is 0 Å². The molecule has 1 N–H and O–H groups in total. The van der Waals surface area contributed by atoms with Gasteiger partial charge in [-0.3, -0.25) is 4.79 Å². The first kappa shape index (κ1) is 15.3. The SMILES string of the molecule is O=C(O)CCOC1CCN(C2CCN3CCCC3C2)CC1. The molecule has 3 aliphatic rings. The van der Waals surface area contributed by atoms with Crippen molar-refractivity contribution in [2.45, 2.75) is 63.1 Å². The standard InChI is InChI=1S/C16H28N2O3/c19-16(20)6-11-21-15-4-9-18(10-5-15)14-3-8-17-7-1-2-13(17)12-14/h13-15H,1-12H2,(H,19,20). The number of rotatable bonds is 5. The van der Waals surface area contributed by atoms with Crippen molar-refractivity contribution in [1.29, 1.82) is 0 Å². The van der Waals surface area contributed by atoms with Crippen molar-refractivity contribution in [3.8, 4) is 0 Å². The molecule has 3 fully saturated rings. The van der Waals surface area contributed by atoms with E-state index in [1.165, 1.54) is 38.8 Å². The fourth-order valence-corrected chi connectivity index (χ4v) is 4.26. The molecule has 2 atom stereocenters. The van der Waals surface area contributed by atoms with E-state index in [4.69, 9.17) is 9.84 Å². The number of fused-ring (bicyclic) bond motifs is 1. The highest BCUT2D eigenvalue weighted by Gasteiger charge is 2.35. The van der Waals surface area contributed by atoms with Crippen LogP contribution in [0.5, 0.6) is 0 Å². The van der Waals surface area contributed by atoms with Gasteiger partial charge in [0.05, 0.1) is 19.1 Å². The van der Waals surface area contributed by atoms with Crippen LogP contribution in [0.25, 0.3) is 0 Å². The highest BCUT2D eigenvalue weighted by Crippen LogP contribution is 2.30. The van der Waals surface area contributed by atoms with Gasteiger partial charge >= 0.3 is 5.97 Å². The summed E-state index contributed by atoms with van der Waals surface area (Å²) in [6, 6.07) is 1.61. The number of hydrogen-bond donors (Lipinski definition) is 1. The van der Waals surface area contributed by atoms with E-state index in [2.05, 4.69) is 9.80 Å². The first-order valence-corrected chi connectivity index (χ1v) is 8.54. The molecule has 0 amide bonds. The van der Waals surface area contributed by atoms with Gasteiger partial charge in [-0.2, -0.15) is 0 Å². The van der Waals surface area contributed by atoms with E-state index in [1.807, 2.05) is 0 Å². The van der Waals surface area contributed by atoms with Gasteiger partial charge in [0.1, 0.15) is 0 Å². The number of carboxylic acids is 1. The van der Waals surface area contributed by atoms with Crippen molar-refractivity contribution in [2.24, 2.45) is 0 Å². The monoisotopic (exact) mass is 296 g/mol. The minimum Gasteiger partial charge on any atom is -0.481 e. The Morgan fingerprint density at radius 2 is 1.67 bits per heavy atom. The first-order valence-electron chi connectivity index (χ1n) is 8.54. The maximum Gasteiger partial charge on any atom is 0.305 e. The molecule has 0 spiro atoms. The normalized spacial score (nSPS) is 32.2. The zero-order valence-corrected chi connectivity index (χ0v) is 12.9. The van der Waals surface area contributed by atoms with Crippen molar-refractivity contribution in [3.63, 3.8) is 0 Å². The van der Waals surface area contributed by atoms with Gasteiger partial charge in [-0.25, -0.2) is 0 Å². The van der Waals surface area contributed by atoms with E-state index in [0.717, 1.165) is 38.0 Å². The second kappa shape index (κ2) is 7.07. The lowest BCUT2D eigenvalue weighted by atomic mass is 9.94. The molecule has 2 unspecified atom stereocenters. The van der Waals surface area contributed by atoms with Crippen LogP contribution < -0.4 is 0 Å². The molecule has 3 aliphatic heterocycles. The number of carbonyl (C=O) groups is 1. The molecule has 0 bridgehead atoms. The zero-order valence-electron chi connectivity index (χ0n) is 12.9. The van der Waals surface area contributed by atoms with Gasteiger partial charge in [0, 0.05) is 25.2 Å². The molecule has 5 heteroatoms. The second-order valence-electron chi connectivity index (χ2n) is 6.76. The average molecular weight is 296 g/mol. The highest BCUT2D eigenvalue weighted by molar-refractivity contribution is 5.66. The van der Waals surface area contributed by atoms with E-state index < -0.39 is 5.97 Å². The number of hydrogen-bond acceptors (Lipinski definition) is 4. The molecule has 3 rings (SSSR count). The van der Waals surface area contributed by atoms with Crippen molar-refractivity contribution >= 4 is 5.97 Å². The van der Waals surface area contributed by atoms with Crippen LogP contribution in [0.15, 0.2) is 0 Å². The van der Waals surface area contributed by atoms with E-state index >= 15 is 0 Å². The molecule has 0 radical (unpaired) electrons. The lowest BCUT2D eigenvalue weighted by Crippen LogP contribution is -2.50. The van der Waals surface area contributed by atoms with Crippen molar-refractivity contribution in [3.05, 3.63) is 0 Å². The summed E-state index contributed by atoms with van der Waals surface area (Å²) in [6.45, 7) is 5.20. The van der Waals surface area contributed by atoms with Gasteiger partial charge in [-0.15, -0.1) is 0 Å². The Bertz CT molecular complexity index is 355. The molecule has 0 aliphatic carbocycles. The van der Waals surface area contributed by atoms with Crippen LogP contribution in [0.4, 0.5) is 0 Å². The lowest BCUT2D eigenvalue weighted by molar-refractivity contribution is -0.138. The Morgan fingerprint density at radius 3 is 2.43 bits per heavy atom. The summed E-state index contributed by atoms with van der Waals surface area (Å²) in [5.74, 6) is -0.768. The predicted molar refractivity (Wildman–Crippen MR) is 80.4 cm³/mol. The van der Waals surface area contributed by atoms with Gasteiger partial charge in [0.2, 0.25) is 0 Å². The van der Waals surface area contributed by atoms with E-state index in [9.17, 15) is 4.79 Å². The Morgan fingerprint density at radius 1 is 1.00 bits per heavy atom. The number of nitrogens with zero attached hydrogens (tertiary/aromatic N) is 2. The van der Waals surface area contributed by atoms with E-state index in [1.54, 1.807) is 0 Å². The minimum absolute atomic E-state index is 0.125. The van der Waals surface area contributed by atoms with Crippen LogP contribution in [0, 0.1) is 0 Å². The Labute approximate surface area is 127 Å². The third kappa shape index (κ3) is 3.96. The highest BCUT2D eigenvalue weighted by atomic mass is 16.5. The number of piperidine rings is 2. The molecular weight excluding hydrogens is 268 g/mol. The third-order valence-electron chi connectivity index (χ3n) is 5.46. The first-order chi connectivity index (χ1) is 10.2. The zero-order chi connectivity index (χ0) is 14.7. The quantitative estimate of drug-likeness (QED) is 0.834. The summed E-state index contributed by atoms with van der Waals surface area (Å²) in [5, 5.41) is 8.64. The summed E-state index contributed by atoms with van der Waals surface area (Å²) in [6.07, 6.45) is 7.97. The van der Waals surface area contributed by atoms with Crippen LogP contribution in [-0.4, -0.2) is 71.8 Å². The minimum atomic E-state index is -0.768. The maximum atomic E-state index is 10.5. The van der Waals surface area contributed by atoms with Gasteiger partial charge < -0.3 is 19.6 Å². The maximum absolute atomic E-state index is 10.5. The van der Waals surface area contributed by atoms with Crippen LogP contribution in [0.2, 0.25) is 0 Å². The number of likely N-dealkylation sites (tertiary alicyclic amines) is 1. The third-order valence-corrected chi connectivity index (χ3v) is 5.46. The Balaban J connectivity index is 1.38. The molecule has 0 saturated carbocycles. The fraction of sp³-hybridized carbons (Fsp3) is 0.938. The Kier molecular flexibility index (Phi) is 5.14. The lowest BCUT2D eigenvalue weighted by Gasteiger charge is -2.43. The van der Waals surface area contributed by atoms with Crippen LogP contribution in [0.3, 0.4) is 0 Å². The fourth-order valence-electron chi connectivity index (χ4n) is 4.26. The van der Waals surface area contributed by atoms with Gasteiger partial charge in [-0.1, -0.05) is 0 Å². The Hall–Kier alpha value is -0.650. The van der Waals surface area contributed by atoms with Crippen molar-refractivity contribution in [2.75, 3.05) is 32.8 Å². The molecule has 0 aromatic carbocycles. The molecule has 0 aromatic heterocycles. The van der Waals surface area contributed by atoms with Crippen LogP contribution in [0.1, 0.15) is 44.9 Å². The molecule has 120 valence electrons. The van der Waals surface area contributed by atoms with Crippen molar-refractivity contribution in [1.82, 2.24) is 9.80 Å².